The summed E-state index contributed by atoms with van der Waals surface area (Å²) in [5.41, 5.74) is -0.540. The number of alkyl carbamates (subject to hydrolysis) is 1. The van der Waals surface area contributed by atoms with E-state index in [1.54, 1.807) is 20.8 Å². The quantitative estimate of drug-likeness (QED) is 0.802. The maximum atomic E-state index is 11.6. The molecule has 1 saturated carbocycles. The van der Waals surface area contributed by atoms with E-state index in [1.807, 2.05) is 0 Å². The van der Waals surface area contributed by atoms with Crippen LogP contribution in [0.5, 0.6) is 0 Å². The zero-order valence-electron chi connectivity index (χ0n) is 11.9. The summed E-state index contributed by atoms with van der Waals surface area (Å²) in [7, 11) is -3.45. The lowest BCUT2D eigenvalue weighted by Crippen LogP contribution is -2.43. The van der Waals surface area contributed by atoms with E-state index in [1.165, 1.54) is 0 Å². The van der Waals surface area contributed by atoms with Gasteiger partial charge < -0.3 is 10.1 Å². The first kappa shape index (κ1) is 16.2. The largest absolute Gasteiger partial charge is 0.444 e. The van der Waals surface area contributed by atoms with Gasteiger partial charge in [-0.3, -0.25) is 4.18 Å². The third-order valence-corrected chi connectivity index (χ3v) is 3.28. The van der Waals surface area contributed by atoms with Crippen LogP contribution < -0.4 is 5.32 Å². The number of hydrogen-bond acceptors (Lipinski definition) is 5. The topological polar surface area (TPSA) is 81.7 Å². The second kappa shape index (κ2) is 6.09. The fourth-order valence-electron chi connectivity index (χ4n) is 2.08. The smallest absolute Gasteiger partial charge is 0.407 e. The molecule has 1 amide bonds. The molecule has 19 heavy (non-hydrogen) atoms. The van der Waals surface area contributed by atoms with Crippen molar-refractivity contribution in [3.8, 4) is 0 Å². The van der Waals surface area contributed by atoms with Crippen molar-refractivity contribution < 1.29 is 22.1 Å². The molecule has 0 unspecified atom stereocenters. The van der Waals surface area contributed by atoms with Crippen molar-refractivity contribution >= 4 is 16.2 Å². The highest BCUT2D eigenvalue weighted by Gasteiger charge is 2.27. The molecule has 0 radical (unpaired) electrons. The Balaban J connectivity index is 2.45. The van der Waals surface area contributed by atoms with Crippen LogP contribution in [0.25, 0.3) is 0 Å². The molecule has 6 nitrogen and oxygen atoms in total. The average Bonchev–Trinajstić information content (AvgIpc) is 2.11. The van der Waals surface area contributed by atoms with Gasteiger partial charge in [0.15, 0.2) is 0 Å². The fourth-order valence-corrected chi connectivity index (χ4v) is 2.75. The molecular weight excluding hydrogens is 270 g/mol. The van der Waals surface area contributed by atoms with Gasteiger partial charge in [-0.1, -0.05) is 0 Å². The number of ether oxygens (including phenoxy) is 1. The van der Waals surface area contributed by atoms with Crippen LogP contribution in [0.1, 0.15) is 46.5 Å². The lowest BCUT2D eigenvalue weighted by Gasteiger charge is -2.29. The molecule has 0 spiro atoms. The van der Waals surface area contributed by atoms with E-state index in [2.05, 4.69) is 5.32 Å². The molecule has 0 aromatic carbocycles. The van der Waals surface area contributed by atoms with Gasteiger partial charge in [0.2, 0.25) is 0 Å². The lowest BCUT2D eigenvalue weighted by molar-refractivity contribution is 0.0467. The van der Waals surface area contributed by atoms with Crippen LogP contribution in [0, 0.1) is 0 Å². The normalized spacial score (nSPS) is 24.8. The van der Waals surface area contributed by atoms with Crippen LogP contribution in [0.15, 0.2) is 0 Å². The van der Waals surface area contributed by atoms with E-state index in [-0.39, 0.29) is 12.1 Å². The minimum Gasteiger partial charge on any atom is -0.444 e. The number of amides is 1. The van der Waals surface area contributed by atoms with Crippen molar-refractivity contribution in [1.82, 2.24) is 5.32 Å². The molecule has 1 N–H and O–H groups in total. The van der Waals surface area contributed by atoms with E-state index in [4.69, 9.17) is 8.92 Å². The standard InChI is InChI=1S/C12H23NO5S/c1-12(2,3)17-11(14)13-9-6-5-7-10(8-9)18-19(4,15)16/h9-10H,5-8H2,1-4H3,(H,13,14)/t9-,10+/m1/s1. The van der Waals surface area contributed by atoms with E-state index < -0.39 is 21.8 Å². The molecule has 0 aromatic heterocycles. The van der Waals surface area contributed by atoms with E-state index in [0.29, 0.717) is 12.8 Å². The Bertz CT molecular complexity index is 412. The second-order valence-electron chi connectivity index (χ2n) is 5.93. The Morgan fingerprint density at radius 1 is 1.26 bits per heavy atom. The van der Waals surface area contributed by atoms with Crippen LogP contribution in [0.2, 0.25) is 0 Å². The minimum atomic E-state index is -3.45. The van der Waals surface area contributed by atoms with Crippen molar-refractivity contribution in [3.05, 3.63) is 0 Å². The third kappa shape index (κ3) is 7.37. The van der Waals surface area contributed by atoms with Crippen molar-refractivity contribution in [2.45, 2.75) is 64.2 Å². The van der Waals surface area contributed by atoms with Crippen molar-refractivity contribution in [2.24, 2.45) is 0 Å². The predicted molar refractivity (Wildman–Crippen MR) is 71.3 cm³/mol. The molecule has 1 rings (SSSR count). The number of nitrogens with one attached hydrogen (secondary N) is 1. The van der Waals surface area contributed by atoms with Crippen molar-refractivity contribution in [1.29, 1.82) is 0 Å². The van der Waals surface area contributed by atoms with Crippen LogP contribution in [-0.4, -0.2) is 38.5 Å². The van der Waals surface area contributed by atoms with E-state index in [0.717, 1.165) is 19.1 Å². The molecule has 1 fully saturated rings. The summed E-state index contributed by atoms with van der Waals surface area (Å²) < 4.78 is 32.3. The van der Waals surface area contributed by atoms with Crippen LogP contribution >= 0.6 is 0 Å². The van der Waals surface area contributed by atoms with Gasteiger partial charge >= 0.3 is 6.09 Å². The highest BCUT2D eigenvalue weighted by atomic mass is 32.2. The van der Waals surface area contributed by atoms with E-state index >= 15 is 0 Å². The molecule has 0 bridgehead atoms. The SMILES string of the molecule is CC(C)(C)OC(=O)N[C@@H]1CCC[C@H](OS(C)(=O)=O)C1. The summed E-state index contributed by atoms with van der Waals surface area (Å²) in [5.74, 6) is 0. The fraction of sp³-hybridized carbons (Fsp3) is 0.917. The molecule has 112 valence electrons. The van der Waals surface area contributed by atoms with E-state index in [9.17, 15) is 13.2 Å². The maximum absolute atomic E-state index is 11.6. The highest BCUT2D eigenvalue weighted by molar-refractivity contribution is 7.86. The molecule has 0 heterocycles. The first-order valence-electron chi connectivity index (χ1n) is 6.43. The van der Waals surface area contributed by atoms with Crippen LogP contribution in [-0.2, 0) is 19.0 Å². The summed E-state index contributed by atoms with van der Waals surface area (Å²) in [6.07, 6.45) is 3.02. The van der Waals surface area contributed by atoms with Crippen LogP contribution in [0.3, 0.4) is 0 Å². The Kier molecular flexibility index (Phi) is 5.20. The van der Waals surface area contributed by atoms with Gasteiger partial charge in [0, 0.05) is 6.04 Å². The molecule has 1 aliphatic carbocycles. The molecule has 7 heteroatoms. The number of hydrogen-bond donors (Lipinski definition) is 1. The van der Waals surface area contributed by atoms with Gasteiger partial charge in [-0.2, -0.15) is 8.42 Å². The Hall–Kier alpha value is -0.820. The zero-order chi connectivity index (χ0) is 14.7. The average molecular weight is 293 g/mol. The molecular formula is C12H23NO5S. The first-order valence-corrected chi connectivity index (χ1v) is 8.24. The second-order valence-corrected chi connectivity index (χ2v) is 7.53. The maximum Gasteiger partial charge on any atom is 0.407 e. The summed E-state index contributed by atoms with van der Waals surface area (Å²) in [6.45, 7) is 5.38. The van der Waals surface area contributed by atoms with Gasteiger partial charge in [-0.25, -0.2) is 4.79 Å². The summed E-state index contributed by atoms with van der Waals surface area (Å²) in [4.78, 5) is 11.6. The molecule has 0 aromatic rings. The third-order valence-electron chi connectivity index (χ3n) is 2.66. The summed E-state index contributed by atoms with van der Waals surface area (Å²) >= 11 is 0. The Morgan fingerprint density at radius 3 is 2.42 bits per heavy atom. The molecule has 2 atom stereocenters. The Labute approximate surface area is 115 Å². The van der Waals surface area contributed by atoms with Crippen molar-refractivity contribution in [3.63, 3.8) is 0 Å². The number of rotatable bonds is 3. The summed E-state index contributed by atoms with van der Waals surface area (Å²) in [5, 5.41) is 2.76. The summed E-state index contributed by atoms with van der Waals surface area (Å²) in [6, 6.07) is -0.102. The molecule has 0 saturated heterocycles. The van der Waals surface area contributed by atoms with Crippen LogP contribution in [0.4, 0.5) is 4.79 Å². The monoisotopic (exact) mass is 293 g/mol. The van der Waals surface area contributed by atoms with Gasteiger partial charge in [0.25, 0.3) is 10.1 Å². The van der Waals surface area contributed by atoms with Gasteiger partial charge in [0.05, 0.1) is 12.4 Å². The predicted octanol–water partition coefficient (Wildman–Crippen LogP) is 1.80. The Morgan fingerprint density at radius 2 is 1.89 bits per heavy atom. The minimum absolute atomic E-state index is 0.102. The molecule has 0 aliphatic heterocycles. The number of carbonyl (C=O) groups is 1. The van der Waals surface area contributed by atoms with Gasteiger partial charge in [-0.05, 0) is 46.5 Å². The lowest BCUT2D eigenvalue weighted by atomic mass is 9.93. The van der Waals surface area contributed by atoms with Gasteiger partial charge in [0.1, 0.15) is 5.60 Å². The zero-order valence-corrected chi connectivity index (χ0v) is 12.7. The van der Waals surface area contributed by atoms with Crippen molar-refractivity contribution in [2.75, 3.05) is 6.26 Å². The molecule has 1 aliphatic rings. The number of carbonyl (C=O) groups excluding carboxylic acids is 1. The highest BCUT2D eigenvalue weighted by Crippen LogP contribution is 2.22. The van der Waals surface area contributed by atoms with Gasteiger partial charge in [-0.15, -0.1) is 0 Å². The first-order chi connectivity index (χ1) is 8.55.